The van der Waals surface area contributed by atoms with Gasteiger partial charge < -0.3 is 35.8 Å². The van der Waals surface area contributed by atoms with E-state index >= 15 is 0 Å². The molecule has 3 rings (SSSR count). The molecule has 0 bridgehead atoms. The molecule has 0 heterocycles. The molecule has 0 spiro atoms. The van der Waals surface area contributed by atoms with Gasteiger partial charge in [-0.3, -0.25) is 24.2 Å². The van der Waals surface area contributed by atoms with Crippen molar-refractivity contribution in [3.8, 4) is 11.5 Å². The van der Waals surface area contributed by atoms with Crippen molar-refractivity contribution in [2.75, 3.05) is 30.5 Å². The van der Waals surface area contributed by atoms with Crippen molar-refractivity contribution in [1.29, 1.82) is 0 Å². The van der Waals surface area contributed by atoms with E-state index in [-0.39, 0.29) is 53.7 Å². The van der Waals surface area contributed by atoms with Gasteiger partial charge in [0.25, 0.3) is 0 Å². The number of nitrogens with zero attached hydrogens (tertiary/aromatic N) is 2. The fourth-order valence-corrected chi connectivity index (χ4v) is 4.68. The summed E-state index contributed by atoms with van der Waals surface area (Å²) < 4.78 is 10.6. The van der Waals surface area contributed by atoms with E-state index in [0.29, 0.717) is 18.4 Å². The fraction of sp³-hybridized carbons (Fsp3) is 0.250. The number of amides is 4. The van der Waals surface area contributed by atoms with E-state index in [1.54, 1.807) is 12.1 Å². The van der Waals surface area contributed by atoms with Crippen molar-refractivity contribution in [3.63, 3.8) is 0 Å². The minimum absolute atomic E-state index is 0.0451. The van der Waals surface area contributed by atoms with E-state index in [1.165, 1.54) is 61.5 Å². The number of rotatable bonds is 14. The van der Waals surface area contributed by atoms with Crippen LogP contribution >= 0.6 is 0 Å². The molecule has 0 aliphatic heterocycles. The average Bonchev–Trinajstić information content (AvgIpc) is 3.03. The SMILES string of the molecule is COC(=O)N(CCCCOc1cccc(O)c1NC(C)=O)[C@@H](Cc1ccc(N(C(=O)C(=O)O)c2ccccc2C(=O)O)cc1)C(N)=O. The molecule has 0 fully saturated rings. The summed E-state index contributed by atoms with van der Waals surface area (Å²) in [7, 11) is 1.15. The number of carboxylic acid groups (broad SMARTS) is 2. The second kappa shape index (κ2) is 16.3. The van der Waals surface area contributed by atoms with Crippen LogP contribution < -0.4 is 20.7 Å². The van der Waals surface area contributed by atoms with Gasteiger partial charge in [0.2, 0.25) is 11.8 Å². The van der Waals surface area contributed by atoms with Gasteiger partial charge in [-0.2, -0.15) is 0 Å². The molecule has 0 saturated heterocycles. The first kappa shape index (κ1) is 35.4. The van der Waals surface area contributed by atoms with Gasteiger partial charge in [-0.05, 0) is 54.8 Å². The molecule has 0 aliphatic carbocycles. The molecule has 47 heavy (non-hydrogen) atoms. The Balaban J connectivity index is 1.76. The zero-order chi connectivity index (χ0) is 34.7. The van der Waals surface area contributed by atoms with Crippen molar-refractivity contribution in [2.45, 2.75) is 32.2 Å². The quantitative estimate of drug-likeness (QED) is 0.0967. The minimum Gasteiger partial charge on any atom is -0.506 e. The molecule has 0 saturated carbocycles. The number of nitrogens with one attached hydrogen (secondary N) is 1. The first-order valence-electron chi connectivity index (χ1n) is 14.2. The van der Waals surface area contributed by atoms with Gasteiger partial charge in [-0.15, -0.1) is 0 Å². The van der Waals surface area contributed by atoms with Crippen molar-refractivity contribution >= 4 is 52.8 Å². The molecule has 3 aromatic rings. The van der Waals surface area contributed by atoms with Crippen molar-refractivity contribution in [3.05, 3.63) is 77.9 Å². The maximum absolute atomic E-state index is 12.7. The predicted molar refractivity (Wildman–Crippen MR) is 168 cm³/mol. The second-order valence-electron chi connectivity index (χ2n) is 10.1. The number of carbonyl (C=O) groups is 6. The molecular weight excluding hydrogens is 616 g/mol. The van der Waals surface area contributed by atoms with Crippen LogP contribution in [0, 0.1) is 0 Å². The standard InChI is InChI=1S/C32H34N4O11/c1-19(37)34-27-25(38)10-7-11-26(27)47-17-6-5-16-35(32(45)46-2)24(28(33)39)18-20-12-14-21(15-13-20)36(29(40)31(43)44)23-9-4-3-8-22(23)30(41)42/h3-4,7-15,24,38H,5-6,16-18H2,1-2H3,(H2,33,39)(H,34,37)(H,41,42)(H,43,44)/t24-/m0/s1. The van der Waals surface area contributed by atoms with Gasteiger partial charge in [-0.1, -0.05) is 30.3 Å². The Kier molecular flexibility index (Phi) is 12.2. The Morgan fingerprint density at radius 2 is 1.60 bits per heavy atom. The molecule has 248 valence electrons. The second-order valence-corrected chi connectivity index (χ2v) is 10.1. The van der Waals surface area contributed by atoms with Gasteiger partial charge in [0.05, 0.1) is 25.0 Å². The highest BCUT2D eigenvalue weighted by atomic mass is 16.5. The number of ether oxygens (including phenoxy) is 2. The summed E-state index contributed by atoms with van der Waals surface area (Å²) in [5.41, 5.74) is 5.88. The number of hydrogen-bond donors (Lipinski definition) is 5. The summed E-state index contributed by atoms with van der Waals surface area (Å²) >= 11 is 0. The number of phenols is 1. The highest BCUT2D eigenvalue weighted by Crippen LogP contribution is 2.34. The van der Waals surface area contributed by atoms with E-state index in [2.05, 4.69) is 5.32 Å². The fourth-order valence-electron chi connectivity index (χ4n) is 4.68. The first-order chi connectivity index (χ1) is 22.3. The Morgan fingerprint density at radius 3 is 2.19 bits per heavy atom. The monoisotopic (exact) mass is 650 g/mol. The van der Waals surface area contributed by atoms with E-state index in [9.17, 15) is 44.1 Å². The molecule has 15 nitrogen and oxygen atoms in total. The van der Waals surface area contributed by atoms with Gasteiger partial charge in [0.1, 0.15) is 23.2 Å². The van der Waals surface area contributed by atoms with E-state index in [4.69, 9.17) is 15.2 Å². The molecule has 3 aromatic carbocycles. The third-order valence-corrected chi connectivity index (χ3v) is 6.85. The zero-order valence-electron chi connectivity index (χ0n) is 25.5. The molecule has 0 unspecified atom stereocenters. The summed E-state index contributed by atoms with van der Waals surface area (Å²) in [6.07, 6.45) is -0.130. The molecule has 4 amide bonds. The Bertz CT molecular complexity index is 1640. The van der Waals surface area contributed by atoms with Gasteiger partial charge in [0.15, 0.2) is 0 Å². The van der Waals surface area contributed by atoms with Gasteiger partial charge in [0, 0.05) is 25.6 Å². The number of aromatic carboxylic acids is 1. The predicted octanol–water partition coefficient (Wildman–Crippen LogP) is 3.12. The number of benzene rings is 3. The number of unbranched alkanes of at least 4 members (excludes halogenated alkanes) is 1. The van der Waals surface area contributed by atoms with E-state index in [0.717, 1.165) is 16.9 Å². The van der Waals surface area contributed by atoms with Crippen LogP contribution in [0.3, 0.4) is 0 Å². The maximum Gasteiger partial charge on any atom is 0.410 e. The van der Waals surface area contributed by atoms with Crippen molar-refractivity contribution < 1.29 is 53.6 Å². The number of nitrogens with two attached hydrogens (primary N) is 1. The van der Waals surface area contributed by atoms with Crippen molar-refractivity contribution in [1.82, 2.24) is 4.90 Å². The lowest BCUT2D eigenvalue weighted by Crippen LogP contribution is -2.49. The van der Waals surface area contributed by atoms with Crippen LogP contribution in [-0.4, -0.2) is 82.3 Å². The number of carbonyl (C=O) groups excluding carboxylic acids is 4. The lowest BCUT2D eigenvalue weighted by Gasteiger charge is -2.29. The summed E-state index contributed by atoms with van der Waals surface area (Å²) in [6, 6.07) is 14.5. The van der Waals surface area contributed by atoms with Crippen LogP contribution in [0.4, 0.5) is 21.9 Å². The Hall–Kier alpha value is -6.12. The molecule has 0 radical (unpaired) electrons. The van der Waals surface area contributed by atoms with Gasteiger partial charge in [-0.25, -0.2) is 14.4 Å². The number of anilines is 3. The minimum atomic E-state index is -1.81. The smallest absolute Gasteiger partial charge is 0.410 e. The largest absolute Gasteiger partial charge is 0.506 e. The molecule has 6 N–H and O–H groups in total. The van der Waals surface area contributed by atoms with Crippen LogP contribution in [0.5, 0.6) is 11.5 Å². The molecule has 1 atom stereocenters. The molecular formula is C32H34N4O11. The number of hydrogen-bond acceptors (Lipinski definition) is 9. The Labute approximate surface area is 269 Å². The first-order valence-corrected chi connectivity index (χ1v) is 14.2. The van der Waals surface area contributed by atoms with Crippen LogP contribution in [0.25, 0.3) is 0 Å². The van der Waals surface area contributed by atoms with Crippen LogP contribution in [-0.2, 0) is 30.3 Å². The van der Waals surface area contributed by atoms with Crippen LogP contribution in [0.2, 0.25) is 0 Å². The van der Waals surface area contributed by atoms with Crippen molar-refractivity contribution in [2.24, 2.45) is 5.73 Å². The number of aromatic hydroxyl groups is 1. The summed E-state index contributed by atoms with van der Waals surface area (Å²) in [6.45, 7) is 1.48. The van der Waals surface area contributed by atoms with Crippen LogP contribution in [0.15, 0.2) is 66.7 Å². The molecule has 0 aromatic heterocycles. The summed E-state index contributed by atoms with van der Waals surface area (Å²) in [4.78, 5) is 74.7. The lowest BCUT2D eigenvalue weighted by atomic mass is 10.0. The number of primary amides is 1. The summed E-state index contributed by atoms with van der Waals surface area (Å²) in [5, 5.41) is 31.6. The third kappa shape index (κ3) is 9.20. The normalized spacial score (nSPS) is 11.1. The number of methoxy groups -OCH3 is 1. The Morgan fingerprint density at radius 1 is 0.915 bits per heavy atom. The van der Waals surface area contributed by atoms with Crippen LogP contribution in [0.1, 0.15) is 35.7 Å². The highest BCUT2D eigenvalue weighted by Gasteiger charge is 2.30. The zero-order valence-corrected chi connectivity index (χ0v) is 25.5. The average molecular weight is 651 g/mol. The lowest BCUT2D eigenvalue weighted by molar-refractivity contribution is -0.148. The number of carboxylic acids is 2. The maximum atomic E-state index is 12.7. The molecule has 0 aliphatic rings. The number of para-hydroxylation sites is 2. The topological polar surface area (TPSA) is 226 Å². The van der Waals surface area contributed by atoms with E-state index < -0.39 is 41.8 Å². The summed E-state index contributed by atoms with van der Waals surface area (Å²) in [5.74, 6) is -5.71. The number of phenolic OH excluding ortho intramolecular Hbond substituents is 1. The molecule has 15 heteroatoms. The number of aliphatic carboxylic acids is 1. The third-order valence-electron chi connectivity index (χ3n) is 6.85. The van der Waals surface area contributed by atoms with E-state index in [1.807, 2.05) is 0 Å². The highest BCUT2D eigenvalue weighted by molar-refractivity contribution is 6.39. The van der Waals surface area contributed by atoms with Gasteiger partial charge >= 0.3 is 23.9 Å².